The van der Waals surface area contributed by atoms with E-state index in [0.29, 0.717) is 4.31 Å². The number of carbonyl (C=O) groups excluding carboxylic acids is 1. The number of hydrogen-bond acceptors (Lipinski definition) is 6. The Hall–Kier alpha value is -2.63. The van der Waals surface area contributed by atoms with Gasteiger partial charge in [-0.25, -0.2) is 13.4 Å². The molecule has 11 heteroatoms. The fourth-order valence-electron chi connectivity index (χ4n) is 3.44. The van der Waals surface area contributed by atoms with Crippen LogP contribution in [-0.4, -0.2) is 39.2 Å². The molecule has 0 unspecified atom stereocenters. The van der Waals surface area contributed by atoms with E-state index in [9.17, 15) is 13.2 Å². The topological polar surface area (TPSA) is 94.2 Å². The van der Waals surface area contributed by atoms with Gasteiger partial charge in [-0.15, -0.1) is 0 Å². The number of benzene rings is 2. The summed E-state index contributed by atoms with van der Waals surface area (Å²) in [6, 6.07) is 12.1. The molecule has 0 aromatic heterocycles. The largest absolute Gasteiger partial charge is 0.497 e. The molecular formula is C21H24BFN2O6S. The number of nitrogens with zero attached hydrogens (tertiary/aromatic N) is 1. The van der Waals surface area contributed by atoms with Crippen LogP contribution in [-0.2, 0) is 30.9 Å². The minimum atomic E-state index is -4.27. The molecule has 0 spiro atoms. The van der Waals surface area contributed by atoms with Gasteiger partial charge in [-0.1, -0.05) is 36.4 Å². The first-order valence-electron chi connectivity index (χ1n) is 10.1. The SMILES string of the molecule is CC1(C)OB(c2ccc(OCc3ccccc3)c(N3CC(=O)NS3(=O)=O)c2F)OC1(C)C. The third kappa shape index (κ3) is 3.96. The number of amides is 1. The molecule has 8 nitrogen and oxygen atoms in total. The van der Waals surface area contributed by atoms with Gasteiger partial charge in [0.05, 0.1) is 11.2 Å². The second-order valence-corrected chi connectivity index (χ2v) is 10.3. The van der Waals surface area contributed by atoms with Gasteiger partial charge in [0.25, 0.3) is 5.91 Å². The van der Waals surface area contributed by atoms with Crippen molar-refractivity contribution in [2.45, 2.75) is 45.5 Å². The Labute approximate surface area is 187 Å². The highest BCUT2D eigenvalue weighted by atomic mass is 32.2. The highest BCUT2D eigenvalue weighted by molar-refractivity contribution is 7.92. The van der Waals surface area contributed by atoms with E-state index in [4.69, 9.17) is 14.0 Å². The molecular weight excluding hydrogens is 438 g/mol. The second-order valence-electron chi connectivity index (χ2n) is 8.71. The molecule has 4 rings (SSSR count). The monoisotopic (exact) mass is 462 g/mol. The van der Waals surface area contributed by atoms with E-state index in [1.54, 1.807) is 0 Å². The molecule has 170 valence electrons. The van der Waals surface area contributed by atoms with Crippen LogP contribution >= 0.6 is 0 Å². The summed E-state index contributed by atoms with van der Waals surface area (Å²) < 4.78 is 61.0. The second kappa shape index (κ2) is 7.75. The minimum Gasteiger partial charge on any atom is -0.487 e. The smallest absolute Gasteiger partial charge is 0.487 e. The maximum Gasteiger partial charge on any atom is 0.497 e. The molecule has 2 aromatic carbocycles. The van der Waals surface area contributed by atoms with Crippen molar-refractivity contribution >= 4 is 34.4 Å². The van der Waals surface area contributed by atoms with E-state index in [2.05, 4.69) is 0 Å². The summed E-state index contributed by atoms with van der Waals surface area (Å²) in [6.07, 6.45) is 0. The number of rotatable bonds is 5. The standard InChI is InChI=1S/C21H24BFN2O6S/c1-20(2)21(3,4)31-22(30-20)15-10-11-16(29-13-14-8-6-5-7-9-14)19(18(15)23)25-12-17(26)24-32(25,27)28/h5-11H,12-13H2,1-4H3,(H,24,26). The van der Waals surface area contributed by atoms with Crippen molar-refractivity contribution in [3.63, 3.8) is 0 Å². The highest BCUT2D eigenvalue weighted by Gasteiger charge is 2.53. The predicted octanol–water partition coefficient (Wildman–Crippen LogP) is 1.88. The zero-order chi connectivity index (χ0) is 23.3. The number of halogens is 1. The predicted molar refractivity (Wildman–Crippen MR) is 117 cm³/mol. The maximum absolute atomic E-state index is 15.9. The van der Waals surface area contributed by atoms with Gasteiger partial charge in [-0.3, -0.25) is 4.79 Å². The summed E-state index contributed by atoms with van der Waals surface area (Å²) in [6.45, 7) is 6.84. The molecule has 2 aliphatic heterocycles. The van der Waals surface area contributed by atoms with Gasteiger partial charge in [0.1, 0.15) is 24.6 Å². The summed E-state index contributed by atoms with van der Waals surface area (Å²) in [4.78, 5) is 11.8. The van der Waals surface area contributed by atoms with Gasteiger partial charge in [0.15, 0.2) is 5.82 Å². The third-order valence-corrected chi connectivity index (χ3v) is 7.30. The molecule has 2 fully saturated rings. The molecule has 1 N–H and O–H groups in total. The van der Waals surface area contributed by atoms with E-state index < -0.39 is 46.8 Å². The Kier molecular flexibility index (Phi) is 5.47. The van der Waals surface area contributed by atoms with Crippen molar-refractivity contribution in [1.82, 2.24) is 4.72 Å². The Morgan fingerprint density at radius 3 is 2.28 bits per heavy atom. The van der Waals surface area contributed by atoms with E-state index in [-0.39, 0.29) is 23.5 Å². The summed E-state index contributed by atoms with van der Waals surface area (Å²) in [5.74, 6) is -1.68. The van der Waals surface area contributed by atoms with E-state index in [1.807, 2.05) is 62.7 Å². The number of hydrogen-bond donors (Lipinski definition) is 1. The first-order chi connectivity index (χ1) is 14.9. The fourth-order valence-corrected chi connectivity index (χ4v) is 4.60. The first-order valence-corrected chi connectivity index (χ1v) is 11.5. The number of carbonyl (C=O) groups is 1. The molecule has 0 aliphatic carbocycles. The molecule has 1 amide bonds. The van der Waals surface area contributed by atoms with Crippen LogP contribution < -0.4 is 19.2 Å². The minimum absolute atomic E-state index is 0.0141. The lowest BCUT2D eigenvalue weighted by Gasteiger charge is -2.32. The van der Waals surface area contributed by atoms with Gasteiger partial charge in [0.2, 0.25) is 0 Å². The summed E-state index contributed by atoms with van der Waals surface area (Å²) in [5.41, 5.74) is -0.979. The molecule has 0 bridgehead atoms. The van der Waals surface area contributed by atoms with Gasteiger partial charge < -0.3 is 14.0 Å². The molecule has 2 aliphatic rings. The fraction of sp³-hybridized carbons (Fsp3) is 0.381. The van der Waals surface area contributed by atoms with Crippen LogP contribution in [0.4, 0.5) is 10.1 Å². The van der Waals surface area contributed by atoms with Crippen molar-refractivity contribution in [3.8, 4) is 5.75 Å². The third-order valence-electron chi connectivity index (χ3n) is 5.92. The molecule has 0 saturated carbocycles. The van der Waals surface area contributed by atoms with Crippen molar-refractivity contribution in [3.05, 3.63) is 53.8 Å². The lowest BCUT2D eigenvalue weighted by Crippen LogP contribution is -2.41. The quantitative estimate of drug-likeness (QED) is 0.683. The number of nitrogens with one attached hydrogen (secondary N) is 1. The van der Waals surface area contributed by atoms with Crippen molar-refractivity contribution in [2.24, 2.45) is 0 Å². The van der Waals surface area contributed by atoms with Crippen LogP contribution in [0.2, 0.25) is 0 Å². The molecule has 0 atom stereocenters. The van der Waals surface area contributed by atoms with Crippen molar-refractivity contribution in [2.75, 3.05) is 10.8 Å². The van der Waals surface area contributed by atoms with Gasteiger partial charge in [-0.05, 0) is 39.3 Å². The van der Waals surface area contributed by atoms with Crippen LogP contribution in [0.15, 0.2) is 42.5 Å². The average Bonchev–Trinajstić information content (AvgIpc) is 3.09. The van der Waals surface area contributed by atoms with Gasteiger partial charge >= 0.3 is 17.3 Å². The molecule has 2 heterocycles. The maximum atomic E-state index is 15.9. The summed E-state index contributed by atoms with van der Waals surface area (Å²) in [5, 5.41) is 0. The lowest BCUT2D eigenvalue weighted by molar-refractivity contribution is -0.117. The van der Waals surface area contributed by atoms with Gasteiger partial charge in [-0.2, -0.15) is 8.42 Å². The van der Waals surface area contributed by atoms with Crippen LogP contribution in [0.3, 0.4) is 0 Å². The first kappa shape index (κ1) is 22.6. The van der Waals surface area contributed by atoms with Crippen LogP contribution in [0.1, 0.15) is 33.3 Å². The van der Waals surface area contributed by atoms with Gasteiger partial charge in [0, 0.05) is 5.46 Å². The Balaban J connectivity index is 1.76. The number of ether oxygens (including phenoxy) is 1. The Morgan fingerprint density at radius 1 is 1.09 bits per heavy atom. The van der Waals surface area contributed by atoms with Crippen LogP contribution in [0.5, 0.6) is 5.75 Å². The van der Waals surface area contributed by atoms with Crippen LogP contribution in [0.25, 0.3) is 0 Å². The van der Waals surface area contributed by atoms with Crippen molar-refractivity contribution < 1.29 is 31.6 Å². The average molecular weight is 462 g/mol. The summed E-state index contributed by atoms with van der Waals surface area (Å²) >= 11 is 0. The number of anilines is 1. The van der Waals surface area contributed by atoms with E-state index in [0.717, 1.165) is 5.56 Å². The molecule has 0 radical (unpaired) electrons. The Bertz CT molecular complexity index is 1140. The molecule has 2 saturated heterocycles. The molecule has 32 heavy (non-hydrogen) atoms. The highest BCUT2D eigenvalue weighted by Crippen LogP contribution is 2.39. The van der Waals surface area contributed by atoms with E-state index >= 15 is 4.39 Å². The lowest BCUT2D eigenvalue weighted by atomic mass is 9.78. The zero-order valence-corrected chi connectivity index (χ0v) is 19.0. The molecule has 2 aromatic rings. The van der Waals surface area contributed by atoms with Crippen molar-refractivity contribution in [1.29, 1.82) is 0 Å². The normalized spacial score (nSPS) is 21.0. The van der Waals surface area contributed by atoms with Crippen LogP contribution in [0, 0.1) is 5.82 Å². The zero-order valence-electron chi connectivity index (χ0n) is 18.2. The van der Waals surface area contributed by atoms with E-state index in [1.165, 1.54) is 12.1 Å². The summed E-state index contributed by atoms with van der Waals surface area (Å²) in [7, 11) is -5.33. The Morgan fingerprint density at radius 2 is 1.72 bits per heavy atom.